The summed E-state index contributed by atoms with van der Waals surface area (Å²) in [6.07, 6.45) is 1.42. The van der Waals surface area contributed by atoms with Crippen LogP contribution in [0.1, 0.15) is 19.8 Å². The Kier molecular flexibility index (Phi) is 5.76. The lowest BCUT2D eigenvalue weighted by Crippen LogP contribution is -2.50. The van der Waals surface area contributed by atoms with Crippen LogP contribution in [-0.4, -0.2) is 74.0 Å². The molecule has 0 aromatic rings. The van der Waals surface area contributed by atoms with Crippen molar-refractivity contribution in [3.05, 3.63) is 0 Å². The second kappa shape index (κ2) is 7.58. The summed E-state index contributed by atoms with van der Waals surface area (Å²) >= 11 is 0. The van der Waals surface area contributed by atoms with Crippen molar-refractivity contribution >= 4 is 17.7 Å². The molecule has 1 aliphatic heterocycles. The summed E-state index contributed by atoms with van der Waals surface area (Å²) in [6, 6.07) is 0. The largest absolute Gasteiger partial charge is 0.385 e. The summed E-state index contributed by atoms with van der Waals surface area (Å²) in [6.45, 7) is 5.05. The number of methoxy groups -OCH3 is 1. The maximum Gasteiger partial charge on any atom is 0.226 e. The minimum Gasteiger partial charge on any atom is -0.385 e. The van der Waals surface area contributed by atoms with Gasteiger partial charge in [0.05, 0.1) is 11.8 Å². The van der Waals surface area contributed by atoms with Crippen molar-refractivity contribution in [3.63, 3.8) is 0 Å². The van der Waals surface area contributed by atoms with Gasteiger partial charge in [-0.05, 0) is 12.8 Å². The second-order valence-electron chi connectivity index (χ2n) is 5.92. The number of nitrogens with zero attached hydrogens (tertiary/aromatic N) is 2. The first-order chi connectivity index (χ1) is 10.5. The minimum absolute atomic E-state index is 0.0307. The fraction of sp³-hybridized carbons (Fsp3) is 0.800. The fourth-order valence-electron chi connectivity index (χ4n) is 2.79. The van der Waals surface area contributed by atoms with Crippen LogP contribution in [0.5, 0.6) is 0 Å². The molecule has 1 aliphatic carbocycles. The quantitative estimate of drug-likeness (QED) is 0.669. The molecule has 2 atom stereocenters. The molecule has 2 aliphatic rings. The normalized spacial score (nSPS) is 24.1. The number of rotatable bonds is 6. The summed E-state index contributed by atoms with van der Waals surface area (Å²) in [5.74, 6) is -0.281. The van der Waals surface area contributed by atoms with Gasteiger partial charge in [0.1, 0.15) is 0 Å². The Morgan fingerprint density at radius 2 is 1.73 bits per heavy atom. The zero-order valence-corrected chi connectivity index (χ0v) is 13.3. The summed E-state index contributed by atoms with van der Waals surface area (Å²) in [5, 5.41) is 2.85. The number of nitrogens with one attached hydrogen (secondary N) is 1. The van der Waals surface area contributed by atoms with E-state index in [0.29, 0.717) is 45.8 Å². The third-order valence-corrected chi connectivity index (χ3v) is 4.31. The Labute approximate surface area is 131 Å². The van der Waals surface area contributed by atoms with Crippen LogP contribution in [0, 0.1) is 11.8 Å². The molecular weight excluding hydrogens is 286 g/mol. The molecule has 1 saturated heterocycles. The van der Waals surface area contributed by atoms with E-state index >= 15 is 0 Å². The van der Waals surface area contributed by atoms with Crippen LogP contribution in [0.15, 0.2) is 0 Å². The number of ether oxygens (including phenoxy) is 1. The van der Waals surface area contributed by atoms with Crippen LogP contribution in [0.4, 0.5) is 0 Å². The summed E-state index contributed by atoms with van der Waals surface area (Å²) in [4.78, 5) is 39.1. The predicted molar refractivity (Wildman–Crippen MR) is 79.9 cm³/mol. The van der Waals surface area contributed by atoms with Gasteiger partial charge >= 0.3 is 0 Å². The van der Waals surface area contributed by atoms with Crippen LogP contribution in [0.3, 0.4) is 0 Å². The van der Waals surface area contributed by atoms with Gasteiger partial charge in [0, 0.05) is 53.4 Å². The van der Waals surface area contributed by atoms with Crippen molar-refractivity contribution < 1.29 is 19.1 Å². The third-order valence-electron chi connectivity index (χ3n) is 4.31. The first-order valence-electron chi connectivity index (χ1n) is 7.85. The Morgan fingerprint density at radius 3 is 2.32 bits per heavy atom. The number of hydrogen-bond donors (Lipinski definition) is 1. The molecular formula is C15H25N3O4. The van der Waals surface area contributed by atoms with E-state index < -0.39 is 0 Å². The highest BCUT2D eigenvalue weighted by Crippen LogP contribution is 2.40. The maximum absolute atomic E-state index is 12.4. The lowest BCUT2D eigenvalue weighted by atomic mass is 10.2. The highest BCUT2D eigenvalue weighted by Gasteiger charge is 2.49. The maximum atomic E-state index is 12.4. The van der Waals surface area contributed by atoms with E-state index in [9.17, 15) is 14.4 Å². The highest BCUT2D eigenvalue weighted by molar-refractivity contribution is 5.92. The van der Waals surface area contributed by atoms with Gasteiger partial charge in [0.25, 0.3) is 0 Å². The number of carbonyl (C=O) groups is 3. The Hall–Kier alpha value is -1.63. The lowest BCUT2D eigenvalue weighted by Gasteiger charge is -2.34. The third kappa shape index (κ3) is 4.19. The van der Waals surface area contributed by atoms with Crippen LogP contribution in [0.2, 0.25) is 0 Å². The van der Waals surface area contributed by atoms with E-state index in [2.05, 4.69) is 5.32 Å². The van der Waals surface area contributed by atoms with Crippen LogP contribution in [0.25, 0.3) is 0 Å². The molecule has 1 heterocycles. The van der Waals surface area contributed by atoms with E-state index in [1.54, 1.807) is 23.8 Å². The van der Waals surface area contributed by atoms with Crippen molar-refractivity contribution in [3.8, 4) is 0 Å². The van der Waals surface area contributed by atoms with Crippen molar-refractivity contribution in [2.75, 3.05) is 46.4 Å². The van der Waals surface area contributed by atoms with E-state index in [1.807, 2.05) is 0 Å². The van der Waals surface area contributed by atoms with E-state index in [0.717, 1.165) is 6.42 Å². The van der Waals surface area contributed by atoms with Gasteiger partial charge in [-0.2, -0.15) is 0 Å². The zero-order valence-electron chi connectivity index (χ0n) is 13.3. The smallest absolute Gasteiger partial charge is 0.226 e. The molecule has 0 aromatic heterocycles. The summed E-state index contributed by atoms with van der Waals surface area (Å²) < 4.78 is 4.92. The molecule has 7 nitrogen and oxygen atoms in total. The molecule has 124 valence electrons. The predicted octanol–water partition coefficient (Wildman–Crippen LogP) is -0.534. The van der Waals surface area contributed by atoms with Gasteiger partial charge in [-0.1, -0.05) is 0 Å². The molecule has 1 saturated carbocycles. The van der Waals surface area contributed by atoms with Crippen molar-refractivity contribution in [2.24, 2.45) is 11.8 Å². The average molecular weight is 311 g/mol. The summed E-state index contributed by atoms with van der Waals surface area (Å²) in [7, 11) is 1.63. The molecule has 1 N–H and O–H groups in total. The van der Waals surface area contributed by atoms with Crippen molar-refractivity contribution in [2.45, 2.75) is 19.8 Å². The molecule has 2 rings (SSSR count). The van der Waals surface area contributed by atoms with E-state index in [-0.39, 0.29) is 29.6 Å². The van der Waals surface area contributed by atoms with Gasteiger partial charge in [-0.25, -0.2) is 0 Å². The monoisotopic (exact) mass is 311 g/mol. The molecule has 0 spiro atoms. The standard InChI is InChI=1S/C15H25N3O4/c1-11(19)17-5-7-18(8-6-17)15(21)13-10-12(13)14(20)16-4-3-9-22-2/h12-13H,3-10H2,1-2H3,(H,16,20). The van der Waals surface area contributed by atoms with Gasteiger partial charge < -0.3 is 19.9 Å². The van der Waals surface area contributed by atoms with Gasteiger partial charge in [0.15, 0.2) is 0 Å². The topological polar surface area (TPSA) is 79.0 Å². The molecule has 7 heteroatoms. The molecule has 0 bridgehead atoms. The number of hydrogen-bond acceptors (Lipinski definition) is 4. The molecule has 0 radical (unpaired) electrons. The van der Waals surface area contributed by atoms with Crippen molar-refractivity contribution in [1.29, 1.82) is 0 Å². The Morgan fingerprint density at radius 1 is 1.09 bits per heavy atom. The SMILES string of the molecule is COCCCNC(=O)C1CC1C(=O)N1CCN(C(C)=O)CC1. The molecule has 3 amide bonds. The number of amides is 3. The molecule has 22 heavy (non-hydrogen) atoms. The number of carbonyl (C=O) groups excluding carboxylic acids is 3. The Bertz CT molecular complexity index is 433. The lowest BCUT2D eigenvalue weighted by molar-refractivity contribution is -0.140. The first-order valence-corrected chi connectivity index (χ1v) is 7.85. The molecule has 2 fully saturated rings. The first kappa shape index (κ1) is 16.7. The van der Waals surface area contributed by atoms with Crippen molar-refractivity contribution in [1.82, 2.24) is 15.1 Å². The van der Waals surface area contributed by atoms with Crippen LogP contribution >= 0.6 is 0 Å². The van der Waals surface area contributed by atoms with Crippen LogP contribution < -0.4 is 5.32 Å². The Balaban J connectivity index is 1.70. The number of piperazine rings is 1. The average Bonchev–Trinajstić information content (AvgIpc) is 3.31. The second-order valence-corrected chi connectivity index (χ2v) is 5.92. The van der Waals surface area contributed by atoms with Gasteiger partial charge in [0.2, 0.25) is 17.7 Å². The molecule has 0 aromatic carbocycles. The summed E-state index contributed by atoms with van der Waals surface area (Å²) in [5.41, 5.74) is 0. The zero-order chi connectivity index (χ0) is 16.1. The highest BCUT2D eigenvalue weighted by atomic mass is 16.5. The van der Waals surface area contributed by atoms with E-state index in [1.165, 1.54) is 0 Å². The van der Waals surface area contributed by atoms with Gasteiger partial charge in [-0.3, -0.25) is 14.4 Å². The van der Waals surface area contributed by atoms with Gasteiger partial charge in [-0.15, -0.1) is 0 Å². The fourth-order valence-corrected chi connectivity index (χ4v) is 2.79. The van der Waals surface area contributed by atoms with E-state index in [4.69, 9.17) is 4.74 Å². The minimum atomic E-state index is -0.180. The molecule has 2 unspecified atom stereocenters. The van der Waals surface area contributed by atoms with Crippen LogP contribution in [-0.2, 0) is 19.1 Å².